The van der Waals surface area contributed by atoms with Gasteiger partial charge in [-0.3, -0.25) is 24.1 Å². The number of benzene rings is 1. The van der Waals surface area contributed by atoms with Crippen LogP contribution in [0.15, 0.2) is 18.2 Å². The summed E-state index contributed by atoms with van der Waals surface area (Å²) in [5.74, 6) is -0.416. The highest BCUT2D eigenvalue weighted by atomic mass is 35.5. The van der Waals surface area contributed by atoms with Crippen molar-refractivity contribution in [3.63, 3.8) is 0 Å². The van der Waals surface area contributed by atoms with E-state index in [-0.39, 0.29) is 55.3 Å². The number of ether oxygens (including phenoxy) is 1. The number of fused-ring (bicyclic) bond motifs is 1. The number of amides is 4. The van der Waals surface area contributed by atoms with Gasteiger partial charge in [-0.1, -0.05) is 25.4 Å². The first-order valence-corrected chi connectivity index (χ1v) is 13.8. The molecule has 38 heavy (non-hydrogen) atoms. The van der Waals surface area contributed by atoms with Crippen LogP contribution >= 0.6 is 11.6 Å². The third kappa shape index (κ3) is 9.16. The highest BCUT2D eigenvalue weighted by molar-refractivity contribution is 6.31. The molecule has 2 aliphatic rings. The predicted octanol–water partition coefficient (Wildman–Crippen LogP) is 1.80. The van der Waals surface area contributed by atoms with E-state index in [1.165, 1.54) is 0 Å². The summed E-state index contributed by atoms with van der Waals surface area (Å²) in [5.41, 5.74) is 5.77. The first-order valence-electron chi connectivity index (χ1n) is 13.4. The zero-order valence-electron chi connectivity index (χ0n) is 22.3. The second-order valence-electron chi connectivity index (χ2n) is 10.6. The first-order chi connectivity index (χ1) is 18.1. The Kier molecular flexibility index (Phi) is 11.2. The smallest absolute Gasteiger partial charge is 0.255 e. The van der Waals surface area contributed by atoms with Crippen LogP contribution in [0.2, 0.25) is 5.02 Å². The molecule has 0 aromatic heterocycles. The maximum Gasteiger partial charge on any atom is 0.255 e. The average Bonchev–Trinajstić information content (AvgIpc) is 2.86. The van der Waals surface area contributed by atoms with E-state index < -0.39 is 0 Å². The molecule has 10 nitrogen and oxygen atoms in total. The van der Waals surface area contributed by atoms with Gasteiger partial charge in [0.1, 0.15) is 12.4 Å². The Hall–Kier alpha value is -2.85. The van der Waals surface area contributed by atoms with E-state index in [0.29, 0.717) is 80.5 Å². The third-order valence-electron chi connectivity index (χ3n) is 6.92. The van der Waals surface area contributed by atoms with Crippen molar-refractivity contribution in [2.45, 2.75) is 52.0 Å². The molecule has 0 radical (unpaired) electrons. The Morgan fingerprint density at radius 1 is 1.16 bits per heavy atom. The number of halogens is 1. The number of hydrogen-bond donors (Lipinski definition) is 3. The summed E-state index contributed by atoms with van der Waals surface area (Å²) in [7, 11) is 0. The molecule has 3 rings (SSSR count). The lowest BCUT2D eigenvalue weighted by atomic mass is 9.96. The zero-order chi connectivity index (χ0) is 27.7. The van der Waals surface area contributed by atoms with Gasteiger partial charge in [-0.15, -0.1) is 0 Å². The second-order valence-corrected chi connectivity index (χ2v) is 11.0. The number of carbonyl (C=O) groups excluding carboxylic acids is 4. The third-order valence-corrected chi connectivity index (χ3v) is 7.16. The van der Waals surface area contributed by atoms with Crippen LogP contribution in [-0.2, 0) is 14.4 Å². The minimum Gasteiger partial charge on any atom is -0.491 e. The van der Waals surface area contributed by atoms with Crippen LogP contribution < -0.4 is 21.1 Å². The number of piperidine rings is 1. The van der Waals surface area contributed by atoms with Gasteiger partial charge in [-0.25, -0.2) is 0 Å². The molecular weight excluding hydrogens is 510 g/mol. The zero-order valence-corrected chi connectivity index (χ0v) is 23.1. The van der Waals surface area contributed by atoms with Gasteiger partial charge in [0.15, 0.2) is 0 Å². The Morgan fingerprint density at radius 3 is 2.58 bits per heavy atom. The summed E-state index contributed by atoms with van der Waals surface area (Å²) in [6, 6.07) is 4.60. The van der Waals surface area contributed by atoms with E-state index in [1.807, 2.05) is 4.90 Å². The number of nitrogens with one attached hydrogen (secondary N) is 2. The molecule has 0 bridgehead atoms. The van der Waals surface area contributed by atoms with E-state index in [2.05, 4.69) is 24.5 Å². The SMILES string of the molecule is CC(C)C[C@H]1COc2ccc(Cl)cc2C(=O)NCCCCN(C(=O)CN2CCC(C(N)=O)CC2)CC(=O)N1. The molecular formula is C27H40ClN5O5. The van der Waals surface area contributed by atoms with Crippen molar-refractivity contribution in [3.8, 4) is 5.75 Å². The maximum atomic E-state index is 13.2. The van der Waals surface area contributed by atoms with Gasteiger partial charge in [-0.2, -0.15) is 0 Å². The monoisotopic (exact) mass is 549 g/mol. The van der Waals surface area contributed by atoms with E-state index in [1.54, 1.807) is 23.1 Å². The van der Waals surface area contributed by atoms with E-state index in [0.717, 1.165) is 0 Å². The molecule has 4 amide bonds. The number of nitrogens with zero attached hydrogens (tertiary/aromatic N) is 2. The normalized spacial score (nSPS) is 20.9. The number of primary amides is 1. The summed E-state index contributed by atoms with van der Waals surface area (Å²) in [6.45, 7) is 6.46. The molecule has 0 spiro atoms. The highest BCUT2D eigenvalue weighted by Gasteiger charge is 2.27. The van der Waals surface area contributed by atoms with Crippen molar-refractivity contribution in [1.29, 1.82) is 0 Å². The Bertz CT molecular complexity index is 996. The fraction of sp³-hybridized carbons (Fsp3) is 0.630. The Morgan fingerprint density at radius 2 is 1.89 bits per heavy atom. The van der Waals surface area contributed by atoms with Crippen LogP contribution in [0.3, 0.4) is 0 Å². The minimum atomic E-state index is -0.302. The molecule has 1 aromatic rings. The van der Waals surface area contributed by atoms with Crippen molar-refractivity contribution in [2.24, 2.45) is 17.6 Å². The van der Waals surface area contributed by atoms with E-state index >= 15 is 0 Å². The molecule has 1 fully saturated rings. The first kappa shape index (κ1) is 29.7. The lowest BCUT2D eigenvalue weighted by Gasteiger charge is -2.32. The quantitative estimate of drug-likeness (QED) is 0.513. The van der Waals surface area contributed by atoms with Crippen LogP contribution in [0.25, 0.3) is 0 Å². The number of nitrogens with two attached hydrogens (primary N) is 1. The summed E-state index contributed by atoms with van der Waals surface area (Å²) in [6.07, 6.45) is 3.19. The van der Waals surface area contributed by atoms with Gasteiger partial charge in [0.05, 0.1) is 24.7 Å². The molecule has 1 saturated heterocycles. The summed E-state index contributed by atoms with van der Waals surface area (Å²) in [5, 5.41) is 6.36. The summed E-state index contributed by atoms with van der Waals surface area (Å²) >= 11 is 6.14. The molecule has 4 N–H and O–H groups in total. The molecule has 0 saturated carbocycles. The van der Waals surface area contributed by atoms with Crippen molar-refractivity contribution >= 4 is 35.2 Å². The second kappa shape index (κ2) is 14.3. The Balaban J connectivity index is 1.70. The number of hydrogen-bond acceptors (Lipinski definition) is 6. The lowest BCUT2D eigenvalue weighted by molar-refractivity contribution is -0.137. The topological polar surface area (TPSA) is 134 Å². The Labute approximate surface area is 229 Å². The molecule has 0 aliphatic carbocycles. The maximum absolute atomic E-state index is 13.2. The lowest BCUT2D eigenvalue weighted by Crippen LogP contribution is -2.49. The predicted molar refractivity (Wildman–Crippen MR) is 145 cm³/mol. The van der Waals surface area contributed by atoms with Crippen molar-refractivity contribution in [3.05, 3.63) is 28.8 Å². The standard InChI is InChI=1S/C27H40ClN5O5/c1-18(2)13-21-17-38-23-6-5-20(28)14-22(23)27(37)30-9-3-4-10-33(15-24(34)31-21)25(35)16-32-11-7-19(8-12-32)26(29)36/h5-6,14,18-19,21H,3-4,7-13,15-17H2,1-2H3,(H2,29,36)(H,30,37)(H,31,34)/t21-/m0/s1. The highest BCUT2D eigenvalue weighted by Crippen LogP contribution is 2.24. The van der Waals surface area contributed by atoms with Crippen molar-refractivity contribution in [2.75, 3.05) is 45.9 Å². The van der Waals surface area contributed by atoms with E-state index in [4.69, 9.17) is 22.1 Å². The van der Waals surface area contributed by atoms with Gasteiger partial charge >= 0.3 is 0 Å². The molecule has 0 unspecified atom stereocenters. The summed E-state index contributed by atoms with van der Waals surface area (Å²) in [4.78, 5) is 54.2. The van der Waals surface area contributed by atoms with Gasteiger partial charge in [0, 0.05) is 24.0 Å². The van der Waals surface area contributed by atoms with Gasteiger partial charge in [0.2, 0.25) is 17.7 Å². The van der Waals surface area contributed by atoms with Crippen molar-refractivity contribution in [1.82, 2.24) is 20.4 Å². The fourth-order valence-electron chi connectivity index (χ4n) is 4.86. The molecule has 1 aromatic carbocycles. The molecule has 11 heteroatoms. The van der Waals surface area contributed by atoms with Crippen LogP contribution in [0, 0.1) is 11.8 Å². The van der Waals surface area contributed by atoms with Gasteiger partial charge in [-0.05, 0) is 69.3 Å². The van der Waals surface area contributed by atoms with Crippen LogP contribution in [0.1, 0.15) is 56.3 Å². The molecule has 1 atom stereocenters. The van der Waals surface area contributed by atoms with Crippen LogP contribution in [-0.4, -0.2) is 85.3 Å². The summed E-state index contributed by atoms with van der Waals surface area (Å²) < 4.78 is 6.00. The van der Waals surface area contributed by atoms with Gasteiger partial charge < -0.3 is 26.0 Å². The van der Waals surface area contributed by atoms with Crippen molar-refractivity contribution < 1.29 is 23.9 Å². The van der Waals surface area contributed by atoms with Crippen LogP contribution in [0.4, 0.5) is 0 Å². The number of rotatable bonds is 5. The fourth-order valence-corrected chi connectivity index (χ4v) is 5.04. The minimum absolute atomic E-state index is 0.0519. The molecule has 2 heterocycles. The van der Waals surface area contributed by atoms with E-state index in [9.17, 15) is 19.2 Å². The number of carbonyl (C=O) groups is 4. The number of likely N-dealkylation sites (tertiary alicyclic amines) is 1. The molecule has 210 valence electrons. The van der Waals surface area contributed by atoms with Crippen LogP contribution in [0.5, 0.6) is 5.75 Å². The average molecular weight is 550 g/mol. The van der Waals surface area contributed by atoms with Gasteiger partial charge in [0.25, 0.3) is 5.91 Å². The molecule has 2 aliphatic heterocycles. The largest absolute Gasteiger partial charge is 0.491 e.